The lowest BCUT2D eigenvalue weighted by Gasteiger charge is -2.43. The first-order valence-electron chi connectivity index (χ1n) is 9.88. The molecule has 1 saturated heterocycles. The van der Waals surface area contributed by atoms with Crippen LogP contribution in [0.4, 0.5) is 0 Å². The summed E-state index contributed by atoms with van der Waals surface area (Å²) < 4.78 is 5.34. The van der Waals surface area contributed by atoms with Gasteiger partial charge in [0.1, 0.15) is 5.75 Å². The van der Waals surface area contributed by atoms with Crippen LogP contribution in [0.2, 0.25) is 0 Å². The Balaban J connectivity index is 0.00000196. The van der Waals surface area contributed by atoms with Crippen LogP contribution >= 0.6 is 24.8 Å². The summed E-state index contributed by atoms with van der Waals surface area (Å²) in [5.41, 5.74) is 7.35. The highest BCUT2D eigenvalue weighted by molar-refractivity contribution is 5.85. The van der Waals surface area contributed by atoms with Crippen molar-refractivity contribution in [3.63, 3.8) is 0 Å². The van der Waals surface area contributed by atoms with Gasteiger partial charge >= 0.3 is 0 Å². The fourth-order valence-corrected chi connectivity index (χ4v) is 4.43. The van der Waals surface area contributed by atoms with Crippen molar-refractivity contribution in [1.29, 1.82) is 0 Å². The molecule has 2 fully saturated rings. The van der Waals surface area contributed by atoms with E-state index in [0.29, 0.717) is 6.04 Å². The van der Waals surface area contributed by atoms with Crippen molar-refractivity contribution in [2.45, 2.75) is 51.1 Å². The molecule has 1 aromatic carbocycles. The topological polar surface area (TPSA) is 58.8 Å². The van der Waals surface area contributed by atoms with E-state index < -0.39 is 0 Å². The number of piperazine rings is 1. The van der Waals surface area contributed by atoms with Gasteiger partial charge in [-0.2, -0.15) is 0 Å². The van der Waals surface area contributed by atoms with Crippen molar-refractivity contribution in [1.82, 2.24) is 9.80 Å². The summed E-state index contributed by atoms with van der Waals surface area (Å²) in [6, 6.07) is 8.57. The van der Waals surface area contributed by atoms with Crippen molar-refractivity contribution in [2.24, 2.45) is 11.7 Å². The van der Waals surface area contributed by atoms with Gasteiger partial charge in [-0.15, -0.1) is 24.8 Å². The summed E-state index contributed by atoms with van der Waals surface area (Å²) >= 11 is 0. The molecule has 3 atom stereocenters. The molecule has 1 aromatic rings. The van der Waals surface area contributed by atoms with Crippen LogP contribution in [-0.4, -0.2) is 54.5 Å². The number of hydrogen-bond donors (Lipinski definition) is 1. The van der Waals surface area contributed by atoms with Crippen molar-refractivity contribution in [3.8, 4) is 5.75 Å². The van der Waals surface area contributed by atoms with Crippen molar-refractivity contribution in [3.05, 3.63) is 29.8 Å². The van der Waals surface area contributed by atoms with Crippen LogP contribution in [0.1, 0.15) is 51.1 Å². The van der Waals surface area contributed by atoms with E-state index in [4.69, 9.17) is 10.5 Å². The maximum absolute atomic E-state index is 13.0. The fourth-order valence-electron chi connectivity index (χ4n) is 4.43. The molecule has 1 saturated carbocycles. The molecule has 0 aromatic heterocycles. The lowest BCUT2D eigenvalue weighted by Crippen LogP contribution is -2.57. The molecule has 1 amide bonds. The molecular formula is C21H35Cl2N3O2. The Morgan fingerprint density at radius 1 is 1.21 bits per heavy atom. The highest BCUT2D eigenvalue weighted by atomic mass is 35.5. The molecular weight excluding hydrogens is 397 g/mol. The minimum Gasteiger partial charge on any atom is -0.497 e. The molecule has 0 spiro atoms. The standard InChI is InChI=1S/C21H33N3O2.2ClH/c1-16(17-7-6-8-18(15-17)26-3)23-11-13-24(14-12-23)20(25)19-9-4-5-10-21(19,2)22;;/h6-8,15-16,19H,4-5,9-14,22H2,1-3H3;2*1H. The Hall–Kier alpha value is -1.01. The zero-order chi connectivity index (χ0) is 18.7. The first kappa shape index (κ1) is 25.0. The number of carbonyl (C=O) groups excluding carboxylic acids is 1. The molecule has 2 aliphatic rings. The predicted molar refractivity (Wildman–Crippen MR) is 119 cm³/mol. The van der Waals surface area contributed by atoms with E-state index in [1.807, 2.05) is 17.0 Å². The summed E-state index contributed by atoms with van der Waals surface area (Å²) in [5, 5.41) is 0. The number of nitrogens with zero attached hydrogens (tertiary/aromatic N) is 2. The van der Waals surface area contributed by atoms with Gasteiger partial charge in [0.2, 0.25) is 5.91 Å². The first-order valence-corrected chi connectivity index (χ1v) is 9.88. The van der Waals surface area contributed by atoms with Crippen molar-refractivity contribution < 1.29 is 9.53 Å². The lowest BCUT2D eigenvalue weighted by molar-refractivity contribution is -0.141. The van der Waals surface area contributed by atoms with Gasteiger partial charge in [0.25, 0.3) is 0 Å². The van der Waals surface area contributed by atoms with Gasteiger partial charge in [0, 0.05) is 37.8 Å². The highest BCUT2D eigenvalue weighted by Crippen LogP contribution is 2.33. The van der Waals surface area contributed by atoms with E-state index in [0.717, 1.165) is 57.6 Å². The second-order valence-electron chi connectivity index (χ2n) is 8.12. The van der Waals surface area contributed by atoms with Gasteiger partial charge in [0.15, 0.2) is 0 Å². The zero-order valence-corrected chi connectivity index (χ0v) is 18.9. The normalized spacial score (nSPS) is 26.6. The predicted octanol–water partition coefficient (Wildman–Crippen LogP) is 3.65. The molecule has 2 N–H and O–H groups in total. The van der Waals surface area contributed by atoms with Gasteiger partial charge in [-0.1, -0.05) is 25.0 Å². The van der Waals surface area contributed by atoms with Crippen LogP contribution in [0.5, 0.6) is 5.75 Å². The van der Waals surface area contributed by atoms with Crippen LogP contribution in [0.3, 0.4) is 0 Å². The Labute approximate surface area is 181 Å². The third-order valence-electron chi connectivity index (χ3n) is 6.30. The fraction of sp³-hybridized carbons (Fsp3) is 0.667. The number of carbonyl (C=O) groups is 1. The Morgan fingerprint density at radius 3 is 2.50 bits per heavy atom. The maximum atomic E-state index is 13.0. The highest BCUT2D eigenvalue weighted by Gasteiger charge is 2.40. The van der Waals surface area contributed by atoms with E-state index in [-0.39, 0.29) is 42.2 Å². The number of halogens is 2. The number of amides is 1. The van der Waals surface area contributed by atoms with E-state index in [1.54, 1.807) is 7.11 Å². The molecule has 1 aliphatic carbocycles. The molecule has 3 unspecified atom stereocenters. The Morgan fingerprint density at radius 2 is 1.89 bits per heavy atom. The summed E-state index contributed by atoms with van der Waals surface area (Å²) in [6.45, 7) is 7.66. The zero-order valence-electron chi connectivity index (χ0n) is 17.2. The van der Waals surface area contributed by atoms with E-state index in [2.05, 4.69) is 30.9 Å². The third-order valence-corrected chi connectivity index (χ3v) is 6.30. The quantitative estimate of drug-likeness (QED) is 0.789. The van der Waals surface area contributed by atoms with Crippen LogP contribution < -0.4 is 10.5 Å². The largest absolute Gasteiger partial charge is 0.497 e. The average Bonchev–Trinajstić information content (AvgIpc) is 2.67. The molecule has 28 heavy (non-hydrogen) atoms. The summed E-state index contributed by atoms with van der Waals surface area (Å²) in [6.07, 6.45) is 4.15. The van der Waals surface area contributed by atoms with Gasteiger partial charge in [-0.25, -0.2) is 0 Å². The summed E-state index contributed by atoms with van der Waals surface area (Å²) in [5.74, 6) is 1.14. The second kappa shape index (κ2) is 10.7. The van der Waals surface area contributed by atoms with E-state index >= 15 is 0 Å². The van der Waals surface area contributed by atoms with Crippen molar-refractivity contribution in [2.75, 3.05) is 33.3 Å². The molecule has 5 nitrogen and oxygen atoms in total. The minimum atomic E-state index is -0.347. The molecule has 1 heterocycles. The number of benzene rings is 1. The van der Waals surface area contributed by atoms with Gasteiger partial charge in [-0.3, -0.25) is 9.69 Å². The number of methoxy groups -OCH3 is 1. The van der Waals surface area contributed by atoms with Crippen molar-refractivity contribution >= 4 is 30.7 Å². The Bertz CT molecular complexity index is 634. The number of nitrogens with two attached hydrogens (primary N) is 1. The van der Waals surface area contributed by atoms with Crippen LogP contribution in [0, 0.1) is 5.92 Å². The summed E-state index contributed by atoms with van der Waals surface area (Å²) in [4.78, 5) is 17.5. The summed E-state index contributed by atoms with van der Waals surface area (Å²) in [7, 11) is 1.70. The lowest BCUT2D eigenvalue weighted by atomic mass is 9.74. The number of rotatable bonds is 4. The van der Waals surface area contributed by atoms with E-state index in [9.17, 15) is 4.79 Å². The SMILES string of the molecule is COc1cccc(C(C)N2CCN(C(=O)C3CCCCC3(C)N)CC2)c1.Cl.Cl. The molecule has 3 rings (SSSR count). The van der Waals surface area contributed by atoms with Crippen LogP contribution in [-0.2, 0) is 4.79 Å². The molecule has 0 radical (unpaired) electrons. The third kappa shape index (κ3) is 5.53. The average molecular weight is 432 g/mol. The first-order chi connectivity index (χ1) is 12.4. The molecule has 0 bridgehead atoms. The smallest absolute Gasteiger partial charge is 0.227 e. The number of ether oxygens (including phenoxy) is 1. The molecule has 1 aliphatic heterocycles. The van der Waals surface area contributed by atoms with Gasteiger partial charge in [0.05, 0.1) is 13.0 Å². The molecule has 160 valence electrons. The van der Waals surface area contributed by atoms with Crippen LogP contribution in [0.15, 0.2) is 24.3 Å². The van der Waals surface area contributed by atoms with Gasteiger partial charge < -0.3 is 15.4 Å². The van der Waals surface area contributed by atoms with Gasteiger partial charge in [-0.05, 0) is 44.4 Å². The second-order valence-corrected chi connectivity index (χ2v) is 8.12. The van der Waals surface area contributed by atoms with E-state index in [1.165, 1.54) is 5.56 Å². The minimum absolute atomic E-state index is 0. The Kier molecular flexibility index (Phi) is 9.54. The number of hydrogen-bond acceptors (Lipinski definition) is 4. The molecule has 7 heteroatoms. The maximum Gasteiger partial charge on any atom is 0.227 e. The van der Waals surface area contributed by atoms with Crippen LogP contribution in [0.25, 0.3) is 0 Å². The monoisotopic (exact) mass is 431 g/mol.